The third kappa shape index (κ3) is 5.51. The van der Waals surface area contributed by atoms with Crippen LogP contribution in [0.2, 0.25) is 0 Å². The molecule has 18 heavy (non-hydrogen) atoms. The fourth-order valence-electron chi connectivity index (χ4n) is 1.47. The summed E-state index contributed by atoms with van der Waals surface area (Å²) >= 11 is 3.36. The lowest BCUT2D eigenvalue weighted by atomic mass is 10.2. The van der Waals surface area contributed by atoms with Gasteiger partial charge in [0.2, 0.25) is 5.91 Å². The van der Waals surface area contributed by atoms with E-state index in [1.807, 2.05) is 31.2 Å². The number of carbonyl (C=O) groups is 1. The Kier molecular flexibility index (Phi) is 6.75. The molecule has 0 aromatic heterocycles. The van der Waals surface area contributed by atoms with Crippen molar-refractivity contribution in [2.24, 2.45) is 5.73 Å². The van der Waals surface area contributed by atoms with Crippen molar-refractivity contribution in [2.45, 2.75) is 25.8 Å². The summed E-state index contributed by atoms with van der Waals surface area (Å²) in [5, 5.41) is 2.75. The van der Waals surface area contributed by atoms with Crippen LogP contribution >= 0.6 is 15.9 Å². The molecular weight excluding hydrogens is 296 g/mol. The zero-order valence-corrected chi connectivity index (χ0v) is 12.1. The second-order valence-electron chi connectivity index (χ2n) is 3.99. The second kappa shape index (κ2) is 8.11. The van der Waals surface area contributed by atoms with Gasteiger partial charge in [-0.1, -0.05) is 35.3 Å². The van der Waals surface area contributed by atoms with Crippen molar-refractivity contribution in [1.29, 1.82) is 0 Å². The Bertz CT molecular complexity index is 385. The molecule has 4 nitrogen and oxygen atoms in total. The van der Waals surface area contributed by atoms with Crippen molar-refractivity contribution >= 4 is 21.8 Å². The molecule has 0 spiro atoms. The molecule has 3 N–H and O–H groups in total. The number of rotatable bonds is 7. The zero-order valence-electron chi connectivity index (χ0n) is 10.5. The van der Waals surface area contributed by atoms with E-state index in [4.69, 9.17) is 10.5 Å². The van der Waals surface area contributed by atoms with Crippen LogP contribution in [0, 0.1) is 0 Å². The number of amides is 1. The molecule has 1 atom stereocenters. The maximum absolute atomic E-state index is 11.5. The summed E-state index contributed by atoms with van der Waals surface area (Å²) < 4.78 is 6.46. The fourth-order valence-corrected chi connectivity index (χ4v) is 1.85. The lowest BCUT2D eigenvalue weighted by Gasteiger charge is -2.11. The molecule has 1 aromatic rings. The molecule has 0 saturated carbocycles. The van der Waals surface area contributed by atoms with Crippen LogP contribution < -0.4 is 15.8 Å². The summed E-state index contributed by atoms with van der Waals surface area (Å²) in [5.41, 5.74) is 5.68. The minimum Gasteiger partial charge on any atom is -0.492 e. The van der Waals surface area contributed by atoms with Crippen LogP contribution in [-0.4, -0.2) is 25.1 Å². The van der Waals surface area contributed by atoms with E-state index in [1.54, 1.807) is 0 Å². The molecule has 0 aliphatic heterocycles. The molecule has 0 aliphatic rings. The van der Waals surface area contributed by atoms with E-state index in [0.717, 1.165) is 16.6 Å². The monoisotopic (exact) mass is 314 g/mol. The Morgan fingerprint density at radius 2 is 2.33 bits per heavy atom. The highest BCUT2D eigenvalue weighted by molar-refractivity contribution is 9.10. The van der Waals surface area contributed by atoms with Gasteiger partial charge in [-0.2, -0.15) is 0 Å². The molecule has 0 aliphatic carbocycles. The van der Waals surface area contributed by atoms with Crippen molar-refractivity contribution < 1.29 is 9.53 Å². The molecule has 0 saturated heterocycles. The van der Waals surface area contributed by atoms with E-state index in [9.17, 15) is 4.79 Å². The van der Waals surface area contributed by atoms with Crippen molar-refractivity contribution in [2.75, 3.05) is 13.2 Å². The number of halogens is 1. The smallest absolute Gasteiger partial charge is 0.237 e. The van der Waals surface area contributed by atoms with Gasteiger partial charge in [-0.15, -0.1) is 0 Å². The molecule has 1 amide bonds. The van der Waals surface area contributed by atoms with Crippen LogP contribution in [0.3, 0.4) is 0 Å². The van der Waals surface area contributed by atoms with Crippen LogP contribution in [-0.2, 0) is 4.79 Å². The molecule has 5 heteroatoms. The highest BCUT2D eigenvalue weighted by Gasteiger charge is 2.10. The van der Waals surface area contributed by atoms with Gasteiger partial charge >= 0.3 is 0 Å². The number of ether oxygens (including phenoxy) is 1. The highest BCUT2D eigenvalue weighted by Crippen LogP contribution is 2.17. The van der Waals surface area contributed by atoms with Crippen LogP contribution in [0.15, 0.2) is 28.7 Å². The van der Waals surface area contributed by atoms with Gasteiger partial charge in [-0.05, 0) is 24.6 Å². The zero-order chi connectivity index (χ0) is 13.4. The van der Waals surface area contributed by atoms with Gasteiger partial charge in [0.05, 0.1) is 12.6 Å². The van der Waals surface area contributed by atoms with Gasteiger partial charge < -0.3 is 15.8 Å². The summed E-state index contributed by atoms with van der Waals surface area (Å²) in [5.74, 6) is 0.658. The van der Waals surface area contributed by atoms with Crippen LogP contribution in [0.1, 0.15) is 19.8 Å². The minimum absolute atomic E-state index is 0.116. The molecule has 0 fully saturated rings. The molecule has 1 unspecified atom stereocenters. The topological polar surface area (TPSA) is 64.4 Å². The molecule has 0 radical (unpaired) electrons. The van der Waals surface area contributed by atoms with Crippen molar-refractivity contribution in [3.8, 4) is 5.75 Å². The van der Waals surface area contributed by atoms with E-state index >= 15 is 0 Å². The van der Waals surface area contributed by atoms with Crippen LogP contribution in [0.4, 0.5) is 0 Å². The predicted octanol–water partition coefficient (Wildman–Crippen LogP) is 2.07. The number of hydrogen-bond acceptors (Lipinski definition) is 3. The Morgan fingerprint density at radius 1 is 1.56 bits per heavy atom. The first kappa shape index (κ1) is 15.0. The fraction of sp³-hybridized carbons (Fsp3) is 0.462. The van der Waals surface area contributed by atoms with E-state index in [2.05, 4.69) is 21.2 Å². The quantitative estimate of drug-likeness (QED) is 0.757. The summed E-state index contributed by atoms with van der Waals surface area (Å²) in [4.78, 5) is 11.5. The first-order valence-corrected chi connectivity index (χ1v) is 6.84. The lowest BCUT2D eigenvalue weighted by Crippen LogP contribution is -2.41. The van der Waals surface area contributed by atoms with E-state index in [1.165, 1.54) is 0 Å². The summed E-state index contributed by atoms with van der Waals surface area (Å²) in [6.45, 7) is 2.90. The third-order valence-corrected chi connectivity index (χ3v) is 2.90. The van der Waals surface area contributed by atoms with Gasteiger partial charge in [-0.3, -0.25) is 4.79 Å². The maximum atomic E-state index is 11.5. The van der Waals surface area contributed by atoms with Crippen molar-refractivity contribution in [3.05, 3.63) is 28.7 Å². The van der Waals surface area contributed by atoms with Gasteiger partial charge in [0.1, 0.15) is 12.4 Å². The molecule has 1 aromatic carbocycles. The minimum atomic E-state index is -0.416. The molecule has 1 rings (SSSR count). The number of hydrogen-bond donors (Lipinski definition) is 2. The van der Waals surface area contributed by atoms with E-state index in [0.29, 0.717) is 19.6 Å². The Morgan fingerprint density at radius 3 is 3.00 bits per heavy atom. The molecular formula is C13H19BrN2O2. The SMILES string of the molecule is CCCC(N)C(=O)NCCOc1cccc(Br)c1. The average Bonchev–Trinajstić information content (AvgIpc) is 2.35. The third-order valence-electron chi connectivity index (χ3n) is 2.40. The van der Waals surface area contributed by atoms with E-state index in [-0.39, 0.29) is 5.91 Å². The first-order valence-electron chi connectivity index (χ1n) is 6.05. The average molecular weight is 315 g/mol. The standard InChI is InChI=1S/C13H19BrN2O2/c1-2-4-12(15)13(17)16-7-8-18-11-6-3-5-10(14)9-11/h3,5-6,9,12H,2,4,7-8,15H2,1H3,(H,16,17). The number of benzene rings is 1. The number of carbonyl (C=O) groups excluding carboxylic acids is 1. The molecule has 0 heterocycles. The van der Waals surface area contributed by atoms with Crippen LogP contribution in [0.5, 0.6) is 5.75 Å². The Balaban J connectivity index is 2.21. The van der Waals surface area contributed by atoms with Crippen molar-refractivity contribution in [3.63, 3.8) is 0 Å². The number of nitrogens with two attached hydrogens (primary N) is 1. The normalized spacial score (nSPS) is 11.9. The molecule has 100 valence electrons. The van der Waals surface area contributed by atoms with Crippen LogP contribution in [0.25, 0.3) is 0 Å². The van der Waals surface area contributed by atoms with Gasteiger partial charge in [0, 0.05) is 4.47 Å². The Labute approximate surface area is 116 Å². The van der Waals surface area contributed by atoms with E-state index < -0.39 is 6.04 Å². The summed E-state index contributed by atoms with van der Waals surface area (Å²) in [6.07, 6.45) is 1.61. The second-order valence-corrected chi connectivity index (χ2v) is 4.91. The summed E-state index contributed by atoms with van der Waals surface area (Å²) in [7, 11) is 0. The largest absolute Gasteiger partial charge is 0.492 e. The summed E-state index contributed by atoms with van der Waals surface area (Å²) in [6, 6.07) is 7.16. The van der Waals surface area contributed by atoms with Gasteiger partial charge in [0.25, 0.3) is 0 Å². The van der Waals surface area contributed by atoms with Crippen molar-refractivity contribution in [1.82, 2.24) is 5.32 Å². The Hall–Kier alpha value is -1.07. The number of nitrogens with one attached hydrogen (secondary N) is 1. The maximum Gasteiger partial charge on any atom is 0.237 e. The highest BCUT2D eigenvalue weighted by atomic mass is 79.9. The predicted molar refractivity (Wildman–Crippen MR) is 75.5 cm³/mol. The van der Waals surface area contributed by atoms with Gasteiger partial charge in [-0.25, -0.2) is 0 Å². The molecule has 0 bridgehead atoms. The van der Waals surface area contributed by atoms with Gasteiger partial charge in [0.15, 0.2) is 0 Å². The first-order chi connectivity index (χ1) is 8.63. The lowest BCUT2D eigenvalue weighted by molar-refractivity contribution is -0.122.